The van der Waals surface area contributed by atoms with Gasteiger partial charge >= 0.3 is 5.97 Å². The van der Waals surface area contributed by atoms with Crippen molar-refractivity contribution in [1.29, 1.82) is 0 Å². The van der Waals surface area contributed by atoms with Crippen LogP contribution in [0.4, 0.5) is 0 Å². The molecule has 278 valence electrons. The fraction of sp³-hybridized carbons (Fsp3) is 0.525. The van der Waals surface area contributed by atoms with Gasteiger partial charge in [-0.1, -0.05) is 88.1 Å². The number of esters is 1. The van der Waals surface area contributed by atoms with Crippen LogP contribution < -0.4 is 10.6 Å². The summed E-state index contributed by atoms with van der Waals surface area (Å²) in [4.78, 5) is 40.3. The summed E-state index contributed by atoms with van der Waals surface area (Å²) < 4.78 is 19.6. The lowest BCUT2D eigenvalue weighted by Crippen LogP contribution is -2.54. The molecule has 2 aromatic rings. The van der Waals surface area contributed by atoms with Crippen LogP contribution in [0.15, 0.2) is 66.3 Å². The molecule has 0 aromatic heterocycles. The molecule has 0 bridgehead atoms. The van der Waals surface area contributed by atoms with E-state index in [1.54, 1.807) is 36.4 Å². The molecule has 2 aromatic carbocycles. The number of nitrogens with one attached hydrogen (secondary N) is 2. The van der Waals surface area contributed by atoms with Gasteiger partial charge in [-0.3, -0.25) is 9.59 Å². The molecule has 0 radical (unpaired) electrons. The van der Waals surface area contributed by atoms with Crippen LogP contribution in [-0.2, 0) is 30.2 Å². The molecule has 1 aliphatic heterocycles. The number of para-hydroxylation sites is 1. The summed E-state index contributed by atoms with van der Waals surface area (Å²) in [6, 6.07) is 12.8. The van der Waals surface area contributed by atoms with Gasteiger partial charge in [-0.2, -0.15) is 0 Å². The predicted molar refractivity (Wildman–Crippen MR) is 194 cm³/mol. The molecular formula is C40H54N2O9. The number of fused-ring (bicyclic) bond motifs is 1. The average molecular weight is 707 g/mol. The largest absolute Gasteiger partial charge is 0.508 e. The summed E-state index contributed by atoms with van der Waals surface area (Å²) in [5.41, 5.74) is 1.95. The monoisotopic (exact) mass is 706 g/mol. The van der Waals surface area contributed by atoms with Gasteiger partial charge in [0.1, 0.15) is 30.1 Å². The number of phenols is 1. The Kier molecular flexibility index (Phi) is 15.2. The minimum Gasteiger partial charge on any atom is -0.508 e. The maximum Gasteiger partial charge on any atom is 0.339 e. The normalized spacial score (nSPS) is 20.6. The highest BCUT2D eigenvalue weighted by Crippen LogP contribution is 2.43. The van der Waals surface area contributed by atoms with Gasteiger partial charge in [0.25, 0.3) is 0 Å². The smallest absolute Gasteiger partial charge is 0.339 e. The van der Waals surface area contributed by atoms with Gasteiger partial charge in [-0.25, -0.2) is 4.79 Å². The van der Waals surface area contributed by atoms with E-state index in [0.717, 1.165) is 44.1 Å². The second-order valence-electron chi connectivity index (χ2n) is 13.4. The number of aromatic hydroxyl groups is 1. The highest BCUT2D eigenvalue weighted by atomic mass is 16.8. The molecule has 0 unspecified atom stereocenters. The SMILES string of the molecule is CCCCCC1(CCCCC)O[C@@H]2[C@@H](C=C(C(=O)N[C@@H](C(=O)NCCO)[C@H](C)O)C[C@H]2OC(=O)c2ccccc2C=CCc2ccccc2O)O1. The number of allylic oxidation sites excluding steroid dienone is 1. The Hall–Kier alpha value is -4.03. The number of amides is 2. The van der Waals surface area contributed by atoms with Gasteiger partial charge in [-0.15, -0.1) is 0 Å². The van der Waals surface area contributed by atoms with E-state index in [1.807, 2.05) is 30.4 Å². The first-order valence-corrected chi connectivity index (χ1v) is 18.3. The minimum absolute atomic E-state index is 0.00181. The van der Waals surface area contributed by atoms with Crippen LogP contribution in [0.2, 0.25) is 0 Å². The van der Waals surface area contributed by atoms with Crippen LogP contribution in [-0.4, -0.2) is 82.5 Å². The zero-order chi connectivity index (χ0) is 36.8. The zero-order valence-corrected chi connectivity index (χ0v) is 30.0. The average Bonchev–Trinajstić information content (AvgIpc) is 3.49. The Morgan fingerprint density at radius 3 is 2.35 bits per heavy atom. The first-order valence-electron chi connectivity index (χ1n) is 18.3. The van der Waals surface area contributed by atoms with E-state index < -0.39 is 54.0 Å². The van der Waals surface area contributed by atoms with Crippen molar-refractivity contribution >= 4 is 23.9 Å². The number of carbonyl (C=O) groups excluding carboxylic acids is 3. The summed E-state index contributed by atoms with van der Waals surface area (Å²) >= 11 is 0. The maximum atomic E-state index is 13.9. The molecule has 2 aliphatic rings. The second kappa shape index (κ2) is 19.5. The maximum absolute atomic E-state index is 13.9. The molecule has 0 saturated carbocycles. The van der Waals surface area contributed by atoms with E-state index in [0.29, 0.717) is 30.4 Å². The highest BCUT2D eigenvalue weighted by Gasteiger charge is 2.52. The van der Waals surface area contributed by atoms with E-state index in [9.17, 15) is 24.6 Å². The van der Waals surface area contributed by atoms with Crippen LogP contribution >= 0.6 is 0 Å². The summed E-state index contributed by atoms with van der Waals surface area (Å²) in [6.07, 6.45) is 9.52. The van der Waals surface area contributed by atoms with Crippen molar-refractivity contribution < 1.29 is 43.9 Å². The molecular weight excluding hydrogens is 652 g/mol. The molecule has 4 rings (SSSR count). The fourth-order valence-electron chi connectivity index (χ4n) is 6.55. The number of hydrogen-bond acceptors (Lipinski definition) is 9. The van der Waals surface area contributed by atoms with E-state index in [-0.39, 0.29) is 30.9 Å². The van der Waals surface area contributed by atoms with Gasteiger partial charge in [0, 0.05) is 31.4 Å². The number of aliphatic hydroxyl groups excluding tert-OH is 2. The van der Waals surface area contributed by atoms with Crippen LogP contribution in [0.5, 0.6) is 5.75 Å². The lowest BCUT2D eigenvalue weighted by molar-refractivity contribution is -0.190. The van der Waals surface area contributed by atoms with Crippen molar-refractivity contribution in [2.75, 3.05) is 13.2 Å². The lowest BCUT2D eigenvalue weighted by atomic mass is 9.91. The molecule has 1 fully saturated rings. The summed E-state index contributed by atoms with van der Waals surface area (Å²) in [7, 11) is 0. The molecule has 5 N–H and O–H groups in total. The molecule has 1 heterocycles. The molecule has 5 atom stereocenters. The third kappa shape index (κ3) is 11.0. The van der Waals surface area contributed by atoms with E-state index in [4.69, 9.17) is 19.3 Å². The van der Waals surface area contributed by atoms with Crippen molar-refractivity contribution in [3.8, 4) is 5.75 Å². The van der Waals surface area contributed by atoms with Crippen LogP contribution in [0, 0.1) is 0 Å². The standard InChI is InChI=1S/C40H54N2O9/c1-4-6-12-21-40(22-13-7-5-2)50-34-26-30(37(46)42-35(27(3)44)38(47)41-23-24-43)25-33(36(34)51-40)49-39(48)31-19-10-8-15-28(31)17-14-18-29-16-9-11-20-32(29)45/h8-11,14-17,19-20,26-27,33-36,43-45H,4-7,12-13,18,21-25H2,1-3H3,(H,41,47)(H,42,46)/t27-,33+,34+,35+,36-/m0/s1. The number of hydrogen-bond donors (Lipinski definition) is 5. The highest BCUT2D eigenvalue weighted by molar-refractivity contribution is 5.98. The fourth-order valence-corrected chi connectivity index (χ4v) is 6.55. The van der Waals surface area contributed by atoms with Crippen molar-refractivity contribution in [3.05, 3.63) is 82.9 Å². The number of ether oxygens (including phenoxy) is 3. The quantitative estimate of drug-likeness (QED) is 0.0986. The predicted octanol–water partition coefficient (Wildman–Crippen LogP) is 5.12. The molecule has 2 amide bonds. The molecule has 51 heavy (non-hydrogen) atoms. The Bertz CT molecular complexity index is 1510. The van der Waals surface area contributed by atoms with Crippen LogP contribution in [0.1, 0.15) is 100 Å². The first kappa shape index (κ1) is 39.8. The number of unbranched alkanes of at least 4 members (excludes halogenated alkanes) is 4. The molecule has 1 saturated heterocycles. The molecule has 11 heteroatoms. The van der Waals surface area contributed by atoms with Gasteiger partial charge < -0.3 is 40.2 Å². The first-order chi connectivity index (χ1) is 24.6. The minimum atomic E-state index is -1.27. The summed E-state index contributed by atoms with van der Waals surface area (Å²) in [5.74, 6) is -2.54. The lowest BCUT2D eigenvalue weighted by Gasteiger charge is -2.31. The van der Waals surface area contributed by atoms with Crippen molar-refractivity contribution in [1.82, 2.24) is 10.6 Å². The molecule has 11 nitrogen and oxygen atoms in total. The zero-order valence-electron chi connectivity index (χ0n) is 30.0. The number of rotatable bonds is 19. The number of carbonyl (C=O) groups is 3. The number of phenolic OH excluding ortho intramolecular Hbond substituents is 1. The van der Waals surface area contributed by atoms with E-state index in [2.05, 4.69) is 24.5 Å². The van der Waals surface area contributed by atoms with Gasteiger partial charge in [-0.05, 0) is 55.5 Å². The van der Waals surface area contributed by atoms with Crippen LogP contribution in [0.25, 0.3) is 6.08 Å². The summed E-state index contributed by atoms with van der Waals surface area (Å²) in [6.45, 7) is 5.33. The second-order valence-corrected chi connectivity index (χ2v) is 13.4. The summed E-state index contributed by atoms with van der Waals surface area (Å²) in [5, 5.41) is 34.7. The van der Waals surface area contributed by atoms with Gasteiger partial charge in [0.05, 0.1) is 18.3 Å². The molecule has 1 aliphatic carbocycles. The van der Waals surface area contributed by atoms with Gasteiger partial charge in [0.15, 0.2) is 5.79 Å². The topological polar surface area (TPSA) is 164 Å². The third-order valence-electron chi connectivity index (χ3n) is 9.32. The third-order valence-corrected chi connectivity index (χ3v) is 9.32. The number of aliphatic hydroxyl groups is 2. The van der Waals surface area contributed by atoms with Crippen molar-refractivity contribution in [2.24, 2.45) is 0 Å². The van der Waals surface area contributed by atoms with Crippen molar-refractivity contribution in [2.45, 2.75) is 121 Å². The Morgan fingerprint density at radius 1 is 1.00 bits per heavy atom. The Morgan fingerprint density at radius 2 is 1.69 bits per heavy atom. The Labute approximate surface area is 301 Å². The van der Waals surface area contributed by atoms with Crippen LogP contribution in [0.3, 0.4) is 0 Å². The van der Waals surface area contributed by atoms with E-state index in [1.165, 1.54) is 6.92 Å². The van der Waals surface area contributed by atoms with E-state index >= 15 is 0 Å². The van der Waals surface area contributed by atoms with Gasteiger partial charge in [0.2, 0.25) is 11.8 Å². The number of benzene rings is 2. The molecule has 0 spiro atoms. The van der Waals surface area contributed by atoms with Crippen molar-refractivity contribution in [3.63, 3.8) is 0 Å². The Balaban J connectivity index is 1.61.